The zero-order valence-electron chi connectivity index (χ0n) is 8.61. The van der Waals surface area contributed by atoms with Gasteiger partial charge >= 0.3 is 0 Å². The van der Waals surface area contributed by atoms with Gasteiger partial charge in [0.1, 0.15) is 0 Å². The largest absolute Gasteiger partial charge is 0.356 e. The number of aromatic nitrogens is 3. The number of hydrogen-bond donors (Lipinski definition) is 1. The van der Waals surface area contributed by atoms with Crippen molar-refractivity contribution >= 4 is 17.0 Å². The van der Waals surface area contributed by atoms with E-state index in [1.807, 2.05) is 12.3 Å². The van der Waals surface area contributed by atoms with Crippen molar-refractivity contribution in [3.8, 4) is 0 Å². The van der Waals surface area contributed by atoms with Crippen LogP contribution in [0.3, 0.4) is 0 Å². The van der Waals surface area contributed by atoms with E-state index in [4.69, 9.17) is 0 Å². The van der Waals surface area contributed by atoms with Crippen molar-refractivity contribution in [1.29, 1.82) is 0 Å². The van der Waals surface area contributed by atoms with Crippen molar-refractivity contribution < 1.29 is 0 Å². The van der Waals surface area contributed by atoms with Gasteiger partial charge in [0.15, 0.2) is 0 Å². The highest BCUT2D eigenvalue weighted by Gasteiger charge is 2.11. The van der Waals surface area contributed by atoms with Crippen LogP contribution in [0.15, 0.2) is 18.5 Å². The van der Waals surface area contributed by atoms with E-state index in [0.29, 0.717) is 0 Å². The Morgan fingerprint density at radius 2 is 2.27 bits per heavy atom. The lowest BCUT2D eigenvalue weighted by Gasteiger charge is -2.13. The van der Waals surface area contributed by atoms with E-state index in [9.17, 15) is 0 Å². The van der Waals surface area contributed by atoms with Gasteiger partial charge in [-0.15, -0.1) is 0 Å². The van der Waals surface area contributed by atoms with Crippen molar-refractivity contribution in [2.24, 2.45) is 0 Å². The first-order valence-electron chi connectivity index (χ1n) is 5.49. The molecule has 1 aliphatic rings. The van der Waals surface area contributed by atoms with Gasteiger partial charge in [0.2, 0.25) is 5.95 Å². The Hall–Kier alpha value is -1.58. The molecule has 78 valence electrons. The summed E-state index contributed by atoms with van der Waals surface area (Å²) in [5.41, 5.74) is 2.18. The molecule has 0 aliphatic carbocycles. The van der Waals surface area contributed by atoms with Gasteiger partial charge in [-0.1, -0.05) is 0 Å². The molecule has 0 unspecified atom stereocenters. The Labute approximate surface area is 88.3 Å². The van der Waals surface area contributed by atoms with Gasteiger partial charge in [-0.3, -0.25) is 4.98 Å². The van der Waals surface area contributed by atoms with Gasteiger partial charge < -0.3 is 9.88 Å². The molecule has 0 saturated heterocycles. The average Bonchev–Trinajstić information content (AvgIpc) is 2.55. The Balaban J connectivity index is 2.15. The lowest BCUT2D eigenvalue weighted by molar-refractivity contribution is 0.588. The number of pyridine rings is 1. The number of anilines is 1. The number of rotatable bonds is 0. The maximum absolute atomic E-state index is 4.57. The van der Waals surface area contributed by atoms with Crippen LogP contribution in [-0.2, 0) is 6.54 Å². The molecule has 4 heteroatoms. The van der Waals surface area contributed by atoms with E-state index in [-0.39, 0.29) is 0 Å². The fraction of sp³-hybridized carbons (Fsp3) is 0.455. The monoisotopic (exact) mass is 202 g/mol. The average molecular weight is 202 g/mol. The number of aryl methyl sites for hydroxylation is 1. The van der Waals surface area contributed by atoms with Crippen LogP contribution in [0.2, 0.25) is 0 Å². The third kappa shape index (κ3) is 1.46. The Morgan fingerprint density at radius 1 is 1.27 bits per heavy atom. The molecule has 15 heavy (non-hydrogen) atoms. The second kappa shape index (κ2) is 3.53. The predicted molar refractivity (Wildman–Crippen MR) is 59.9 cm³/mol. The first-order chi connectivity index (χ1) is 7.45. The summed E-state index contributed by atoms with van der Waals surface area (Å²) in [6.07, 6.45) is 7.45. The molecule has 4 nitrogen and oxygen atoms in total. The maximum Gasteiger partial charge on any atom is 0.203 e. The fourth-order valence-corrected chi connectivity index (χ4v) is 2.10. The summed E-state index contributed by atoms with van der Waals surface area (Å²) >= 11 is 0. The molecule has 0 bridgehead atoms. The molecule has 3 heterocycles. The van der Waals surface area contributed by atoms with Crippen LogP contribution in [-0.4, -0.2) is 21.1 Å². The van der Waals surface area contributed by atoms with Crippen molar-refractivity contribution in [2.45, 2.75) is 25.8 Å². The molecule has 0 atom stereocenters. The third-order valence-electron chi connectivity index (χ3n) is 2.89. The summed E-state index contributed by atoms with van der Waals surface area (Å²) in [6.45, 7) is 2.07. The SMILES string of the molecule is c1cc2nc3n(c2cn1)CCCCCN3. The topological polar surface area (TPSA) is 42.7 Å². The van der Waals surface area contributed by atoms with E-state index < -0.39 is 0 Å². The summed E-state index contributed by atoms with van der Waals surface area (Å²) in [7, 11) is 0. The summed E-state index contributed by atoms with van der Waals surface area (Å²) in [5, 5.41) is 3.38. The van der Waals surface area contributed by atoms with Crippen LogP contribution in [0.5, 0.6) is 0 Å². The minimum Gasteiger partial charge on any atom is -0.356 e. The normalized spacial score (nSPS) is 16.5. The molecule has 0 saturated carbocycles. The zero-order chi connectivity index (χ0) is 10.1. The second-order valence-electron chi connectivity index (χ2n) is 3.94. The molecule has 0 aromatic carbocycles. The van der Waals surface area contributed by atoms with Crippen LogP contribution >= 0.6 is 0 Å². The number of fused-ring (bicyclic) bond motifs is 3. The molecule has 0 fully saturated rings. The number of hydrogen-bond acceptors (Lipinski definition) is 3. The number of imidazole rings is 1. The maximum atomic E-state index is 4.57. The van der Waals surface area contributed by atoms with Crippen LogP contribution in [0.4, 0.5) is 5.95 Å². The smallest absolute Gasteiger partial charge is 0.203 e. The van der Waals surface area contributed by atoms with Gasteiger partial charge in [-0.2, -0.15) is 0 Å². The van der Waals surface area contributed by atoms with Crippen molar-refractivity contribution in [3.05, 3.63) is 18.5 Å². The van der Waals surface area contributed by atoms with E-state index >= 15 is 0 Å². The number of nitrogens with zero attached hydrogens (tertiary/aromatic N) is 3. The van der Waals surface area contributed by atoms with Crippen LogP contribution in [0.25, 0.3) is 11.0 Å². The van der Waals surface area contributed by atoms with E-state index in [1.165, 1.54) is 19.3 Å². The predicted octanol–water partition coefficient (Wildman–Crippen LogP) is 2.03. The summed E-state index contributed by atoms with van der Waals surface area (Å²) < 4.78 is 2.24. The first kappa shape index (κ1) is 8.71. The van der Waals surface area contributed by atoms with E-state index in [2.05, 4.69) is 19.9 Å². The molecule has 2 aromatic heterocycles. The molecular weight excluding hydrogens is 188 g/mol. The fourth-order valence-electron chi connectivity index (χ4n) is 2.10. The van der Waals surface area contributed by atoms with Crippen LogP contribution in [0.1, 0.15) is 19.3 Å². The Kier molecular flexibility index (Phi) is 2.05. The molecular formula is C11H14N4. The summed E-state index contributed by atoms with van der Waals surface area (Å²) in [6, 6.07) is 1.97. The minimum absolute atomic E-state index is 0.998. The molecule has 0 amide bonds. The zero-order valence-corrected chi connectivity index (χ0v) is 8.61. The molecule has 1 aliphatic heterocycles. The highest BCUT2D eigenvalue weighted by atomic mass is 15.2. The lowest BCUT2D eigenvalue weighted by atomic mass is 10.2. The van der Waals surface area contributed by atoms with Crippen molar-refractivity contribution in [2.75, 3.05) is 11.9 Å². The molecule has 0 spiro atoms. The van der Waals surface area contributed by atoms with Crippen LogP contribution in [0, 0.1) is 0 Å². The van der Waals surface area contributed by atoms with Gasteiger partial charge in [-0.25, -0.2) is 4.98 Å². The highest BCUT2D eigenvalue weighted by molar-refractivity contribution is 5.77. The van der Waals surface area contributed by atoms with Crippen LogP contribution < -0.4 is 5.32 Å². The molecule has 1 N–H and O–H groups in total. The standard InChI is InChI=1S/C11H14N4/c1-2-5-13-11-14-9-4-6-12-8-10(9)15(11)7-3-1/h4,6,8H,1-3,5,7H2,(H,13,14). The van der Waals surface area contributed by atoms with E-state index in [1.54, 1.807) is 6.20 Å². The van der Waals surface area contributed by atoms with Gasteiger partial charge in [0, 0.05) is 19.3 Å². The lowest BCUT2D eigenvalue weighted by Crippen LogP contribution is -2.12. The number of nitrogens with one attached hydrogen (secondary N) is 1. The van der Waals surface area contributed by atoms with Gasteiger partial charge in [0.05, 0.1) is 17.2 Å². The Bertz CT molecular complexity index is 474. The second-order valence-corrected chi connectivity index (χ2v) is 3.94. The Morgan fingerprint density at radius 3 is 3.27 bits per heavy atom. The highest BCUT2D eigenvalue weighted by Crippen LogP contribution is 2.21. The summed E-state index contributed by atoms with van der Waals surface area (Å²) in [5.74, 6) is 0.998. The van der Waals surface area contributed by atoms with Crippen molar-refractivity contribution in [1.82, 2.24) is 14.5 Å². The molecule has 2 aromatic rings. The molecule has 3 rings (SSSR count). The van der Waals surface area contributed by atoms with Gasteiger partial charge in [0.25, 0.3) is 0 Å². The van der Waals surface area contributed by atoms with Crippen molar-refractivity contribution in [3.63, 3.8) is 0 Å². The van der Waals surface area contributed by atoms with Gasteiger partial charge in [-0.05, 0) is 25.3 Å². The third-order valence-corrected chi connectivity index (χ3v) is 2.89. The van der Waals surface area contributed by atoms with E-state index in [0.717, 1.165) is 30.1 Å². The first-order valence-corrected chi connectivity index (χ1v) is 5.49. The minimum atomic E-state index is 0.998. The quantitative estimate of drug-likeness (QED) is 0.710. The summed E-state index contributed by atoms with van der Waals surface area (Å²) in [4.78, 5) is 8.73. The molecule has 0 radical (unpaired) electrons.